The fraction of sp³-hybridized carbons (Fsp3) is 0.467. The van der Waals surface area contributed by atoms with Gasteiger partial charge in [0.25, 0.3) is 0 Å². The molecule has 1 aromatic carbocycles. The Morgan fingerprint density at radius 1 is 1.30 bits per heavy atom. The minimum absolute atomic E-state index is 0.608. The Balaban J connectivity index is 3.03. The molecule has 0 saturated carbocycles. The smallest absolute Gasteiger partial charge is 0.408 e. The maximum atomic E-state index is 11.9. The summed E-state index contributed by atoms with van der Waals surface area (Å²) in [6, 6.07) is 5.54. The van der Waals surface area contributed by atoms with E-state index in [0.29, 0.717) is 6.29 Å². The molecule has 0 saturated heterocycles. The third-order valence-corrected chi connectivity index (χ3v) is 3.24. The summed E-state index contributed by atoms with van der Waals surface area (Å²) < 4.78 is 6.12. The van der Waals surface area contributed by atoms with Gasteiger partial charge in [-0.15, -0.1) is 0 Å². The number of amides is 1. The molecule has 1 atom stereocenters. The Hall–Kier alpha value is -1.36. The zero-order chi connectivity index (χ0) is 15.6. The Kier molecular flexibility index (Phi) is 4.97. The summed E-state index contributed by atoms with van der Waals surface area (Å²) in [6.45, 7) is 8.86. The highest BCUT2D eigenvalue weighted by atomic mass is 79.9. The van der Waals surface area contributed by atoms with Crippen LogP contribution < -0.4 is 5.32 Å². The van der Waals surface area contributed by atoms with Crippen LogP contribution in [0.25, 0.3) is 0 Å². The molecule has 0 aromatic heterocycles. The molecule has 1 aromatic rings. The quantitative estimate of drug-likeness (QED) is 0.853. The number of ether oxygens (including phenoxy) is 1. The van der Waals surface area contributed by atoms with Crippen molar-refractivity contribution in [2.45, 2.75) is 45.8 Å². The van der Waals surface area contributed by atoms with E-state index in [1.54, 1.807) is 27.7 Å². The maximum Gasteiger partial charge on any atom is 0.408 e. The fourth-order valence-electron chi connectivity index (χ4n) is 1.89. The highest BCUT2D eigenvalue weighted by molar-refractivity contribution is 9.10. The molecular formula is C15H20BrNO3. The average Bonchev–Trinajstić information content (AvgIpc) is 2.25. The monoisotopic (exact) mass is 341 g/mol. The minimum atomic E-state index is -1.12. The van der Waals surface area contributed by atoms with Crippen LogP contribution in [0.5, 0.6) is 0 Å². The number of benzene rings is 1. The summed E-state index contributed by atoms with van der Waals surface area (Å²) in [5, 5.41) is 2.63. The van der Waals surface area contributed by atoms with E-state index >= 15 is 0 Å². The molecule has 0 fully saturated rings. The fourth-order valence-corrected chi connectivity index (χ4v) is 2.36. The lowest BCUT2D eigenvalue weighted by Crippen LogP contribution is -2.47. The second kappa shape index (κ2) is 5.95. The van der Waals surface area contributed by atoms with Gasteiger partial charge in [0, 0.05) is 4.47 Å². The van der Waals surface area contributed by atoms with Crippen LogP contribution in [0.1, 0.15) is 38.8 Å². The molecule has 0 bridgehead atoms. The van der Waals surface area contributed by atoms with Crippen LogP contribution in [0.2, 0.25) is 0 Å². The highest BCUT2D eigenvalue weighted by Crippen LogP contribution is 2.25. The van der Waals surface area contributed by atoms with E-state index in [1.807, 2.05) is 25.1 Å². The van der Waals surface area contributed by atoms with Crippen molar-refractivity contribution in [3.05, 3.63) is 33.8 Å². The van der Waals surface area contributed by atoms with Gasteiger partial charge in [0.1, 0.15) is 17.4 Å². The predicted octanol–water partition coefficient (Wildman–Crippen LogP) is 3.70. The first-order valence-electron chi connectivity index (χ1n) is 6.31. The lowest BCUT2D eigenvalue weighted by atomic mass is 9.90. The number of aryl methyl sites for hydroxylation is 1. The van der Waals surface area contributed by atoms with E-state index in [4.69, 9.17) is 4.74 Å². The summed E-state index contributed by atoms with van der Waals surface area (Å²) in [7, 11) is 0. The van der Waals surface area contributed by atoms with Gasteiger partial charge >= 0.3 is 6.09 Å². The number of aldehydes is 1. The number of carbonyl (C=O) groups excluding carboxylic acids is 2. The predicted molar refractivity (Wildman–Crippen MR) is 81.7 cm³/mol. The Morgan fingerprint density at radius 2 is 1.90 bits per heavy atom. The van der Waals surface area contributed by atoms with Crippen molar-refractivity contribution in [1.29, 1.82) is 0 Å². The molecule has 110 valence electrons. The van der Waals surface area contributed by atoms with E-state index in [-0.39, 0.29) is 0 Å². The number of nitrogens with one attached hydrogen (secondary N) is 1. The van der Waals surface area contributed by atoms with Crippen molar-refractivity contribution >= 4 is 28.3 Å². The molecule has 0 aliphatic heterocycles. The Bertz CT molecular complexity index is 522. The van der Waals surface area contributed by atoms with Crippen LogP contribution in [-0.4, -0.2) is 18.0 Å². The Labute approximate surface area is 128 Å². The molecule has 5 heteroatoms. The number of hydrogen-bond donors (Lipinski definition) is 1. The van der Waals surface area contributed by atoms with Crippen molar-refractivity contribution in [3.8, 4) is 0 Å². The molecule has 0 spiro atoms. The van der Waals surface area contributed by atoms with Crippen molar-refractivity contribution in [2.75, 3.05) is 0 Å². The van der Waals surface area contributed by atoms with E-state index in [2.05, 4.69) is 21.2 Å². The highest BCUT2D eigenvalue weighted by Gasteiger charge is 2.31. The van der Waals surface area contributed by atoms with Gasteiger partial charge in [-0.25, -0.2) is 4.79 Å². The summed E-state index contributed by atoms with van der Waals surface area (Å²) >= 11 is 3.38. The number of hydrogen-bond acceptors (Lipinski definition) is 3. The number of alkyl carbamates (subject to hydrolysis) is 1. The summed E-state index contributed by atoms with van der Waals surface area (Å²) in [4.78, 5) is 23.4. The van der Waals surface area contributed by atoms with Crippen molar-refractivity contribution in [2.24, 2.45) is 0 Å². The lowest BCUT2D eigenvalue weighted by Gasteiger charge is -2.29. The van der Waals surface area contributed by atoms with Gasteiger partial charge in [-0.1, -0.05) is 22.0 Å². The van der Waals surface area contributed by atoms with Crippen LogP contribution in [0, 0.1) is 6.92 Å². The molecule has 1 rings (SSSR count). The van der Waals surface area contributed by atoms with Gasteiger partial charge < -0.3 is 14.8 Å². The first-order chi connectivity index (χ1) is 9.07. The zero-order valence-electron chi connectivity index (χ0n) is 12.4. The summed E-state index contributed by atoms with van der Waals surface area (Å²) in [5.74, 6) is 0. The zero-order valence-corrected chi connectivity index (χ0v) is 14.0. The number of rotatable bonds is 3. The van der Waals surface area contributed by atoms with Gasteiger partial charge in [-0.05, 0) is 57.9 Å². The third kappa shape index (κ3) is 4.34. The largest absolute Gasteiger partial charge is 0.444 e. The van der Waals surface area contributed by atoms with Gasteiger partial charge in [-0.2, -0.15) is 0 Å². The van der Waals surface area contributed by atoms with Crippen LogP contribution in [0.4, 0.5) is 4.79 Å². The molecule has 1 amide bonds. The third-order valence-electron chi connectivity index (χ3n) is 2.74. The number of halogens is 1. The van der Waals surface area contributed by atoms with E-state index in [9.17, 15) is 9.59 Å². The molecule has 0 radical (unpaired) electrons. The molecule has 1 N–H and O–H groups in total. The maximum absolute atomic E-state index is 11.9. The topological polar surface area (TPSA) is 55.4 Å². The van der Waals surface area contributed by atoms with Crippen LogP contribution in [0.3, 0.4) is 0 Å². The Morgan fingerprint density at radius 3 is 2.35 bits per heavy atom. The molecule has 0 heterocycles. The molecule has 4 nitrogen and oxygen atoms in total. The molecule has 1 unspecified atom stereocenters. The second-order valence-corrected chi connectivity index (χ2v) is 6.82. The minimum Gasteiger partial charge on any atom is -0.444 e. The van der Waals surface area contributed by atoms with Crippen molar-refractivity contribution in [3.63, 3.8) is 0 Å². The van der Waals surface area contributed by atoms with E-state index < -0.39 is 17.2 Å². The van der Waals surface area contributed by atoms with Crippen LogP contribution in [0.15, 0.2) is 22.7 Å². The first-order valence-corrected chi connectivity index (χ1v) is 7.11. The molecule has 20 heavy (non-hydrogen) atoms. The average molecular weight is 342 g/mol. The molecule has 0 aliphatic rings. The van der Waals surface area contributed by atoms with Crippen LogP contribution >= 0.6 is 15.9 Å². The number of carbonyl (C=O) groups is 2. The van der Waals surface area contributed by atoms with Gasteiger partial charge in [0.2, 0.25) is 0 Å². The van der Waals surface area contributed by atoms with Crippen LogP contribution in [-0.2, 0) is 15.1 Å². The molecule has 0 aliphatic carbocycles. The first kappa shape index (κ1) is 16.7. The van der Waals surface area contributed by atoms with Gasteiger partial charge in [0.05, 0.1) is 0 Å². The SMILES string of the molecule is Cc1cc(Br)ccc1C(C)(C=O)NC(=O)OC(C)(C)C. The van der Waals surface area contributed by atoms with Crippen molar-refractivity contribution in [1.82, 2.24) is 5.32 Å². The summed E-state index contributed by atoms with van der Waals surface area (Å²) in [6.07, 6.45) is 0.0992. The second-order valence-electron chi connectivity index (χ2n) is 5.91. The van der Waals surface area contributed by atoms with E-state index in [1.165, 1.54) is 0 Å². The van der Waals surface area contributed by atoms with E-state index in [0.717, 1.165) is 15.6 Å². The normalized spacial score (nSPS) is 14.3. The summed E-state index contributed by atoms with van der Waals surface area (Å²) in [5.41, 5.74) is -0.0814. The van der Waals surface area contributed by atoms with Gasteiger partial charge in [-0.3, -0.25) is 0 Å². The van der Waals surface area contributed by atoms with Crippen molar-refractivity contribution < 1.29 is 14.3 Å². The van der Waals surface area contributed by atoms with Gasteiger partial charge in [0.15, 0.2) is 0 Å². The lowest BCUT2D eigenvalue weighted by molar-refractivity contribution is -0.113. The standard InChI is InChI=1S/C15H20BrNO3/c1-10-8-11(16)6-7-12(10)15(5,9-18)17-13(19)20-14(2,3)4/h6-9H,1-5H3,(H,17,19). The molecular weight excluding hydrogens is 322 g/mol.